The van der Waals surface area contributed by atoms with E-state index >= 15 is 0 Å². The van der Waals surface area contributed by atoms with Crippen molar-refractivity contribution in [3.63, 3.8) is 0 Å². The molecule has 0 heterocycles. The van der Waals surface area contributed by atoms with Crippen molar-refractivity contribution in [3.05, 3.63) is 65.0 Å². The van der Waals surface area contributed by atoms with Gasteiger partial charge >= 0.3 is 0 Å². The van der Waals surface area contributed by atoms with Gasteiger partial charge in [-0.1, -0.05) is 37.0 Å². The molecule has 0 aliphatic rings. The van der Waals surface area contributed by atoms with Gasteiger partial charge in [-0.15, -0.1) is 0 Å². The first-order chi connectivity index (χ1) is 11.7. The second kappa shape index (κ2) is 9.43. The number of hydrogen-bond donors (Lipinski definition) is 0. The summed E-state index contributed by atoms with van der Waals surface area (Å²) < 4.78 is 13.7. The Morgan fingerprint density at radius 3 is 2.21 bits per heavy atom. The summed E-state index contributed by atoms with van der Waals surface area (Å²) in [4.78, 5) is 3.64. The lowest BCUT2D eigenvalue weighted by atomic mass is 10.1. The fraction of sp³-hybridized carbons (Fsp3) is 0.190. The number of isothiocyanates is 1. The van der Waals surface area contributed by atoms with E-state index in [1.807, 2.05) is 24.3 Å². The van der Waals surface area contributed by atoms with Crippen molar-refractivity contribution in [1.82, 2.24) is 0 Å². The third kappa shape index (κ3) is 5.49. The van der Waals surface area contributed by atoms with E-state index in [1.165, 1.54) is 12.1 Å². The van der Waals surface area contributed by atoms with Gasteiger partial charge in [-0.3, -0.25) is 0 Å². The molecule has 0 radical (unpaired) electrons. The maximum absolute atomic E-state index is 13.7. The fourth-order valence-electron chi connectivity index (χ4n) is 1.94. The van der Waals surface area contributed by atoms with Gasteiger partial charge < -0.3 is 0 Å². The molecule has 0 amide bonds. The maximum Gasteiger partial charge on any atom is 0.150 e. The van der Waals surface area contributed by atoms with Crippen LogP contribution in [-0.2, 0) is 0 Å². The minimum absolute atomic E-state index is 0.168. The number of thiocarbonyl (C=S) groups is 1. The lowest BCUT2D eigenvalue weighted by molar-refractivity contribution is 0.629. The normalized spacial score (nSPS) is 9.08. The molecule has 0 fully saturated rings. The first-order valence-electron chi connectivity index (χ1n) is 7.71. The van der Waals surface area contributed by atoms with Gasteiger partial charge in [-0.05, 0) is 61.1 Å². The van der Waals surface area contributed by atoms with Crippen molar-refractivity contribution in [2.24, 2.45) is 4.99 Å². The predicted molar refractivity (Wildman–Crippen MR) is 99.9 cm³/mol. The van der Waals surface area contributed by atoms with Gasteiger partial charge in [-0.25, -0.2) is 4.39 Å². The molecule has 0 saturated carbocycles. The predicted octanol–water partition coefficient (Wildman–Crippen LogP) is 5.50. The standard InChI is InChI=1S/C21H16FNS/c1-2-3-4-5-6-17-7-9-18(10-8-17)11-12-19-13-14-21(23-16-24)20(22)15-19/h7-10,13-15H,2-4H2,1H3. The molecule has 0 spiro atoms. The first-order valence-corrected chi connectivity index (χ1v) is 8.12. The van der Waals surface area contributed by atoms with Crippen molar-refractivity contribution >= 4 is 23.1 Å². The number of halogens is 1. The van der Waals surface area contributed by atoms with E-state index in [0.717, 1.165) is 30.4 Å². The van der Waals surface area contributed by atoms with E-state index in [2.05, 4.69) is 53.0 Å². The van der Waals surface area contributed by atoms with Crippen molar-refractivity contribution in [2.75, 3.05) is 0 Å². The SMILES string of the molecule is CCCCC#Cc1ccc(C#Cc2ccc(N=C=S)c(F)c2)cc1. The van der Waals surface area contributed by atoms with Crippen LogP contribution in [0, 0.1) is 29.5 Å². The van der Waals surface area contributed by atoms with Crippen LogP contribution in [0.25, 0.3) is 0 Å². The van der Waals surface area contributed by atoms with Gasteiger partial charge in [0.05, 0.1) is 5.16 Å². The summed E-state index contributed by atoms with van der Waals surface area (Å²) in [5.41, 5.74) is 2.58. The molecular weight excluding hydrogens is 317 g/mol. The number of hydrogen-bond acceptors (Lipinski definition) is 2. The Kier molecular flexibility index (Phi) is 6.93. The lowest BCUT2D eigenvalue weighted by Crippen LogP contribution is -1.81. The zero-order valence-corrected chi connectivity index (χ0v) is 14.2. The first kappa shape index (κ1) is 17.6. The Balaban J connectivity index is 2.09. The zero-order valence-electron chi connectivity index (χ0n) is 13.4. The average Bonchev–Trinajstić information content (AvgIpc) is 2.60. The lowest BCUT2D eigenvalue weighted by Gasteiger charge is -1.96. The van der Waals surface area contributed by atoms with E-state index < -0.39 is 5.82 Å². The van der Waals surface area contributed by atoms with Crippen LogP contribution in [0.4, 0.5) is 10.1 Å². The topological polar surface area (TPSA) is 12.4 Å². The molecule has 118 valence electrons. The Morgan fingerprint density at radius 2 is 1.58 bits per heavy atom. The number of aliphatic imine (C=N–C) groups is 1. The van der Waals surface area contributed by atoms with Gasteiger partial charge in [0.1, 0.15) is 5.69 Å². The molecule has 1 nitrogen and oxygen atoms in total. The van der Waals surface area contributed by atoms with Gasteiger partial charge in [0.2, 0.25) is 0 Å². The van der Waals surface area contributed by atoms with E-state index in [9.17, 15) is 4.39 Å². The number of unbranched alkanes of at least 4 members (excludes halogenated alkanes) is 2. The van der Waals surface area contributed by atoms with E-state index in [0.29, 0.717) is 5.56 Å². The second-order valence-electron chi connectivity index (χ2n) is 5.10. The van der Waals surface area contributed by atoms with Crippen LogP contribution in [0.5, 0.6) is 0 Å². The molecule has 2 aromatic rings. The number of nitrogens with zero attached hydrogens (tertiary/aromatic N) is 1. The summed E-state index contributed by atoms with van der Waals surface area (Å²) in [6.45, 7) is 2.15. The Labute approximate surface area is 147 Å². The van der Waals surface area contributed by atoms with Crippen LogP contribution in [0.3, 0.4) is 0 Å². The highest BCUT2D eigenvalue weighted by Crippen LogP contribution is 2.17. The van der Waals surface area contributed by atoms with Crippen LogP contribution < -0.4 is 0 Å². The molecule has 0 unspecified atom stereocenters. The third-order valence-corrected chi connectivity index (χ3v) is 3.33. The van der Waals surface area contributed by atoms with Crippen LogP contribution >= 0.6 is 12.2 Å². The summed E-state index contributed by atoms with van der Waals surface area (Å²) >= 11 is 4.47. The largest absolute Gasteiger partial charge is 0.205 e. The molecule has 0 aliphatic carbocycles. The summed E-state index contributed by atoms with van der Waals surface area (Å²) in [6, 6.07) is 12.3. The monoisotopic (exact) mass is 333 g/mol. The minimum atomic E-state index is -0.461. The maximum atomic E-state index is 13.7. The Morgan fingerprint density at radius 1 is 0.958 bits per heavy atom. The second-order valence-corrected chi connectivity index (χ2v) is 5.28. The van der Waals surface area contributed by atoms with Gasteiger partial charge in [0.15, 0.2) is 5.82 Å². The quantitative estimate of drug-likeness (QED) is 0.313. The van der Waals surface area contributed by atoms with Crippen LogP contribution in [-0.4, -0.2) is 5.16 Å². The summed E-state index contributed by atoms with van der Waals surface area (Å²) in [7, 11) is 0. The molecule has 0 atom stereocenters. The molecule has 0 saturated heterocycles. The minimum Gasteiger partial charge on any atom is -0.205 e. The molecule has 2 aromatic carbocycles. The van der Waals surface area contributed by atoms with Crippen LogP contribution in [0.2, 0.25) is 0 Å². The zero-order chi connectivity index (χ0) is 17.2. The highest BCUT2D eigenvalue weighted by atomic mass is 32.1. The molecule has 0 aromatic heterocycles. The van der Waals surface area contributed by atoms with Crippen molar-refractivity contribution in [2.45, 2.75) is 26.2 Å². The van der Waals surface area contributed by atoms with E-state index in [1.54, 1.807) is 6.07 Å². The summed E-state index contributed by atoms with van der Waals surface area (Å²) in [6.07, 6.45) is 3.21. The molecular formula is C21H16FNS. The fourth-order valence-corrected chi connectivity index (χ4v) is 2.03. The van der Waals surface area contributed by atoms with Gasteiger partial charge in [0, 0.05) is 23.1 Å². The Hall–Kier alpha value is -2.71. The van der Waals surface area contributed by atoms with Crippen molar-refractivity contribution < 1.29 is 4.39 Å². The molecule has 24 heavy (non-hydrogen) atoms. The summed E-state index contributed by atoms with van der Waals surface area (Å²) in [5.74, 6) is 11.8. The smallest absolute Gasteiger partial charge is 0.150 e. The average molecular weight is 333 g/mol. The van der Waals surface area contributed by atoms with E-state index in [-0.39, 0.29) is 5.69 Å². The van der Waals surface area contributed by atoms with E-state index in [4.69, 9.17) is 0 Å². The molecule has 2 rings (SSSR count). The third-order valence-electron chi connectivity index (χ3n) is 3.24. The molecule has 0 aliphatic heterocycles. The summed E-state index contributed by atoms with van der Waals surface area (Å²) in [5, 5.41) is 2.15. The van der Waals surface area contributed by atoms with Crippen molar-refractivity contribution in [3.8, 4) is 23.7 Å². The number of rotatable bonds is 3. The number of benzene rings is 2. The Bertz CT molecular complexity index is 870. The highest BCUT2D eigenvalue weighted by molar-refractivity contribution is 7.78. The van der Waals surface area contributed by atoms with Gasteiger partial charge in [-0.2, -0.15) is 4.99 Å². The molecule has 0 bridgehead atoms. The van der Waals surface area contributed by atoms with Crippen LogP contribution in [0.1, 0.15) is 42.9 Å². The molecule has 3 heteroatoms. The highest BCUT2D eigenvalue weighted by Gasteiger charge is 2.00. The van der Waals surface area contributed by atoms with Gasteiger partial charge in [0.25, 0.3) is 0 Å². The van der Waals surface area contributed by atoms with Crippen molar-refractivity contribution in [1.29, 1.82) is 0 Å². The molecule has 0 N–H and O–H groups in total. The van der Waals surface area contributed by atoms with Crippen LogP contribution in [0.15, 0.2) is 47.5 Å².